The maximum Gasteiger partial charge on any atom is 0.0547 e. The largest absolute Gasteiger partial charge is 0.310 e. The first-order valence-corrected chi connectivity index (χ1v) is 24.7. The molecule has 0 fully saturated rings. The molecule has 0 aliphatic heterocycles. The van der Waals surface area contributed by atoms with E-state index in [0.717, 1.165) is 33.9 Å². The van der Waals surface area contributed by atoms with E-state index in [1.54, 1.807) is 0 Å². The molecule has 1 heterocycles. The van der Waals surface area contributed by atoms with Gasteiger partial charge in [-0.2, -0.15) is 0 Å². The molecule has 1 aromatic heterocycles. The highest BCUT2D eigenvalue weighted by atomic mass is 15.1. The molecule has 0 spiro atoms. The molecule has 0 radical (unpaired) electrons. The quantitative estimate of drug-likeness (QED) is 0.133. The minimum atomic E-state index is 1.07. The van der Waals surface area contributed by atoms with Gasteiger partial charge < -0.3 is 9.47 Å². The first kappa shape index (κ1) is 42.6. The van der Waals surface area contributed by atoms with Crippen molar-refractivity contribution in [1.82, 2.24) is 4.57 Å². The molecule has 72 heavy (non-hydrogen) atoms. The van der Waals surface area contributed by atoms with Crippen molar-refractivity contribution < 1.29 is 0 Å². The van der Waals surface area contributed by atoms with E-state index in [1.807, 2.05) is 0 Å². The van der Waals surface area contributed by atoms with Gasteiger partial charge in [0.15, 0.2) is 0 Å². The van der Waals surface area contributed by atoms with E-state index in [0.29, 0.717) is 0 Å². The zero-order valence-corrected chi connectivity index (χ0v) is 39.6. The first-order valence-electron chi connectivity index (χ1n) is 24.7. The molecule has 0 N–H and O–H groups in total. The SMILES string of the molecule is c1ccc(-c2cccc(-c3ccc(N(c4ccc(-c5cc(-c6ccccc6)cc(-c6ccccc6)c5)cc4)c4cccc(-c5cccc6c5c5c7ccccc7ccc5n6-c5ccccc5)c4)cc3)c2)cc1. The fraction of sp³-hybridized carbons (Fsp3) is 0. The van der Waals surface area contributed by atoms with Gasteiger partial charge in [0.25, 0.3) is 0 Å². The molecule has 0 saturated carbocycles. The Morgan fingerprint density at radius 2 is 0.667 bits per heavy atom. The fourth-order valence-corrected chi connectivity index (χ4v) is 10.7. The molecule has 0 aliphatic carbocycles. The molecular formula is C70H48N2. The molecule has 338 valence electrons. The third kappa shape index (κ3) is 7.92. The summed E-state index contributed by atoms with van der Waals surface area (Å²) in [4.78, 5) is 2.40. The monoisotopic (exact) mass is 916 g/mol. The molecule has 0 atom stereocenters. The number of para-hydroxylation sites is 1. The number of rotatable bonds is 10. The Morgan fingerprint density at radius 3 is 1.26 bits per heavy atom. The molecule has 2 nitrogen and oxygen atoms in total. The van der Waals surface area contributed by atoms with Gasteiger partial charge in [-0.3, -0.25) is 0 Å². The summed E-state index contributed by atoms with van der Waals surface area (Å²) in [5.41, 5.74) is 21.0. The summed E-state index contributed by atoms with van der Waals surface area (Å²) in [6.07, 6.45) is 0. The van der Waals surface area contributed by atoms with Crippen LogP contribution in [-0.4, -0.2) is 4.57 Å². The molecule has 0 bridgehead atoms. The van der Waals surface area contributed by atoms with Gasteiger partial charge in [-0.1, -0.05) is 206 Å². The van der Waals surface area contributed by atoms with E-state index >= 15 is 0 Å². The molecule has 0 unspecified atom stereocenters. The van der Waals surface area contributed by atoms with E-state index in [-0.39, 0.29) is 0 Å². The minimum absolute atomic E-state index is 1.07. The number of fused-ring (bicyclic) bond motifs is 5. The number of benzene rings is 12. The van der Waals surface area contributed by atoms with Gasteiger partial charge in [-0.15, -0.1) is 0 Å². The summed E-state index contributed by atoms with van der Waals surface area (Å²) in [6, 6.07) is 106. The first-order chi connectivity index (χ1) is 35.7. The summed E-state index contributed by atoms with van der Waals surface area (Å²) in [6.45, 7) is 0. The van der Waals surface area contributed by atoms with Crippen LogP contribution in [0.2, 0.25) is 0 Å². The second-order valence-electron chi connectivity index (χ2n) is 18.5. The van der Waals surface area contributed by atoms with Crippen molar-refractivity contribution in [2.45, 2.75) is 0 Å². The molecule has 0 saturated heterocycles. The summed E-state index contributed by atoms with van der Waals surface area (Å²) >= 11 is 0. The third-order valence-electron chi connectivity index (χ3n) is 14.1. The summed E-state index contributed by atoms with van der Waals surface area (Å²) in [5, 5.41) is 4.99. The van der Waals surface area contributed by atoms with Gasteiger partial charge in [0.05, 0.1) is 11.0 Å². The van der Waals surface area contributed by atoms with E-state index in [9.17, 15) is 0 Å². The third-order valence-corrected chi connectivity index (χ3v) is 14.1. The van der Waals surface area contributed by atoms with Gasteiger partial charge in [-0.05, 0) is 162 Å². The number of hydrogen-bond acceptors (Lipinski definition) is 1. The van der Waals surface area contributed by atoms with Crippen LogP contribution < -0.4 is 4.90 Å². The second kappa shape index (κ2) is 18.4. The van der Waals surface area contributed by atoms with Gasteiger partial charge in [0.2, 0.25) is 0 Å². The molecule has 13 rings (SSSR count). The lowest BCUT2D eigenvalue weighted by Crippen LogP contribution is -2.10. The number of aromatic nitrogens is 1. The zero-order valence-electron chi connectivity index (χ0n) is 39.6. The maximum absolute atomic E-state index is 2.42. The van der Waals surface area contributed by atoms with Gasteiger partial charge in [0, 0.05) is 33.5 Å². The second-order valence-corrected chi connectivity index (χ2v) is 18.5. The van der Waals surface area contributed by atoms with Crippen LogP contribution in [0.1, 0.15) is 0 Å². The summed E-state index contributed by atoms with van der Waals surface area (Å²) in [5.74, 6) is 0. The van der Waals surface area contributed by atoms with Crippen molar-refractivity contribution in [3.63, 3.8) is 0 Å². The topological polar surface area (TPSA) is 8.17 Å². The lowest BCUT2D eigenvalue weighted by Gasteiger charge is -2.26. The Labute approximate surface area is 420 Å². The van der Waals surface area contributed by atoms with E-state index in [1.165, 1.54) is 88.2 Å². The molecule has 0 amide bonds. The average molecular weight is 917 g/mol. The number of anilines is 3. The summed E-state index contributed by atoms with van der Waals surface area (Å²) < 4.78 is 2.42. The molecule has 2 heteroatoms. The Kier molecular flexibility index (Phi) is 10.9. The van der Waals surface area contributed by atoms with E-state index in [2.05, 4.69) is 301 Å². The normalized spacial score (nSPS) is 11.3. The van der Waals surface area contributed by atoms with Crippen molar-refractivity contribution >= 4 is 49.6 Å². The van der Waals surface area contributed by atoms with Crippen LogP contribution in [0.4, 0.5) is 17.1 Å². The Balaban J connectivity index is 0.955. The van der Waals surface area contributed by atoms with Crippen LogP contribution in [0.15, 0.2) is 291 Å². The van der Waals surface area contributed by atoms with E-state index in [4.69, 9.17) is 0 Å². The lowest BCUT2D eigenvalue weighted by molar-refractivity contribution is 1.18. The number of hydrogen-bond donors (Lipinski definition) is 0. The van der Waals surface area contributed by atoms with Crippen LogP contribution in [0.5, 0.6) is 0 Å². The van der Waals surface area contributed by atoms with Crippen LogP contribution in [0, 0.1) is 0 Å². The van der Waals surface area contributed by atoms with Crippen LogP contribution in [0.25, 0.3) is 105 Å². The van der Waals surface area contributed by atoms with Crippen LogP contribution in [0.3, 0.4) is 0 Å². The number of nitrogens with zero attached hydrogens (tertiary/aromatic N) is 2. The van der Waals surface area contributed by atoms with Crippen molar-refractivity contribution in [3.05, 3.63) is 291 Å². The zero-order chi connectivity index (χ0) is 47.8. The average Bonchev–Trinajstić information content (AvgIpc) is 3.82. The smallest absolute Gasteiger partial charge is 0.0547 e. The highest BCUT2D eigenvalue weighted by Gasteiger charge is 2.20. The molecular weight excluding hydrogens is 869 g/mol. The van der Waals surface area contributed by atoms with Gasteiger partial charge >= 0.3 is 0 Å². The standard InChI is InChI=1S/C70H48N2/c1-5-18-49(19-6-1)55-25-15-26-56(44-55)52-34-39-62(40-35-52)71(63-41-36-53(37-42-63)60-46-58(50-20-7-2-8-21-50)45-59(47-60)51-22-9-3-10-23-51)64-30-16-27-57(48-64)66-32-17-33-67-70(66)69-65-31-14-13-24-54(65)38-43-68(69)72(67)61-28-11-4-12-29-61/h1-48H. The highest BCUT2D eigenvalue weighted by molar-refractivity contribution is 6.25. The summed E-state index contributed by atoms with van der Waals surface area (Å²) in [7, 11) is 0. The van der Waals surface area contributed by atoms with Crippen molar-refractivity contribution in [1.29, 1.82) is 0 Å². The van der Waals surface area contributed by atoms with E-state index < -0.39 is 0 Å². The van der Waals surface area contributed by atoms with Crippen molar-refractivity contribution in [3.8, 4) is 72.4 Å². The predicted molar refractivity (Wildman–Crippen MR) is 306 cm³/mol. The fourth-order valence-electron chi connectivity index (χ4n) is 10.7. The van der Waals surface area contributed by atoms with Gasteiger partial charge in [0.1, 0.15) is 0 Å². The minimum Gasteiger partial charge on any atom is -0.310 e. The Hall–Kier alpha value is -9.50. The lowest BCUT2D eigenvalue weighted by atomic mass is 9.93. The van der Waals surface area contributed by atoms with Crippen LogP contribution in [-0.2, 0) is 0 Å². The van der Waals surface area contributed by atoms with Gasteiger partial charge in [-0.25, -0.2) is 0 Å². The highest BCUT2D eigenvalue weighted by Crippen LogP contribution is 2.44. The molecule has 13 aromatic rings. The van der Waals surface area contributed by atoms with Crippen molar-refractivity contribution in [2.75, 3.05) is 4.90 Å². The molecule has 0 aliphatic rings. The predicted octanol–water partition coefficient (Wildman–Crippen LogP) is 19.4. The van der Waals surface area contributed by atoms with Crippen LogP contribution >= 0.6 is 0 Å². The Morgan fingerprint density at radius 1 is 0.236 bits per heavy atom. The van der Waals surface area contributed by atoms with Crippen molar-refractivity contribution in [2.24, 2.45) is 0 Å². The maximum atomic E-state index is 2.42. The molecule has 12 aromatic carbocycles. The Bertz CT molecular complexity index is 3990.